The van der Waals surface area contributed by atoms with Crippen molar-refractivity contribution >= 4 is 35.8 Å². The number of carbonyl (C=O) groups is 1. The standard InChI is InChI=1S/C19H28F2N4O2.HI/c1-3-23-19(25-10-8-14(9-11-25)12-17(26)22-2)24-13-15-6-4-5-7-16(15)27-18(20)21;/h4-7,14,18H,3,8-13H2,1-2H3,(H,22,26)(H,23,24);1H. The van der Waals surface area contributed by atoms with Crippen LogP contribution in [-0.2, 0) is 11.3 Å². The Hall–Kier alpha value is -1.65. The Bertz CT molecular complexity index is 638. The number of ether oxygens (including phenoxy) is 1. The SMILES string of the molecule is CCNC(=NCc1ccccc1OC(F)F)N1CCC(CC(=O)NC)CC1.I. The zero-order valence-electron chi connectivity index (χ0n) is 16.3. The van der Waals surface area contributed by atoms with Crippen molar-refractivity contribution in [1.82, 2.24) is 15.5 Å². The molecule has 0 bridgehead atoms. The summed E-state index contributed by atoms with van der Waals surface area (Å²) in [6.45, 7) is 1.71. The molecule has 1 fully saturated rings. The van der Waals surface area contributed by atoms with E-state index in [9.17, 15) is 13.6 Å². The van der Waals surface area contributed by atoms with Gasteiger partial charge in [0.05, 0.1) is 6.54 Å². The fourth-order valence-electron chi connectivity index (χ4n) is 3.14. The predicted molar refractivity (Wildman–Crippen MR) is 116 cm³/mol. The molecule has 0 saturated carbocycles. The van der Waals surface area contributed by atoms with E-state index in [4.69, 9.17) is 0 Å². The van der Waals surface area contributed by atoms with Crippen molar-refractivity contribution in [3.63, 3.8) is 0 Å². The summed E-state index contributed by atoms with van der Waals surface area (Å²) in [7, 11) is 1.66. The maximum absolute atomic E-state index is 12.6. The molecule has 1 aliphatic rings. The quantitative estimate of drug-likeness (QED) is 0.336. The van der Waals surface area contributed by atoms with E-state index in [0.717, 1.165) is 31.9 Å². The lowest BCUT2D eigenvalue weighted by molar-refractivity contribution is -0.121. The number of likely N-dealkylation sites (tertiary alicyclic amines) is 1. The molecule has 0 radical (unpaired) electrons. The average molecular weight is 510 g/mol. The third-order valence-corrected chi connectivity index (χ3v) is 4.59. The number of piperidine rings is 1. The molecule has 9 heteroatoms. The molecule has 1 amide bonds. The summed E-state index contributed by atoms with van der Waals surface area (Å²) in [5.74, 6) is 1.35. The molecular formula is C19H29F2IN4O2. The van der Waals surface area contributed by atoms with E-state index < -0.39 is 6.61 Å². The normalized spacial score (nSPS) is 15.2. The number of nitrogens with one attached hydrogen (secondary N) is 2. The third-order valence-electron chi connectivity index (χ3n) is 4.59. The Balaban J connectivity index is 0.00000392. The van der Waals surface area contributed by atoms with E-state index in [1.54, 1.807) is 25.2 Å². The first-order chi connectivity index (χ1) is 13.0. The number of hydrogen-bond acceptors (Lipinski definition) is 3. The zero-order chi connectivity index (χ0) is 19.6. The summed E-state index contributed by atoms with van der Waals surface area (Å²) in [5.41, 5.74) is 0.614. The van der Waals surface area contributed by atoms with Gasteiger partial charge in [-0.3, -0.25) is 4.79 Å². The minimum absolute atomic E-state index is 0. The van der Waals surface area contributed by atoms with Gasteiger partial charge in [0.2, 0.25) is 5.91 Å². The number of guanidine groups is 1. The minimum atomic E-state index is -2.86. The molecule has 158 valence electrons. The van der Waals surface area contributed by atoms with E-state index in [-0.39, 0.29) is 42.2 Å². The van der Waals surface area contributed by atoms with E-state index in [0.29, 0.717) is 24.4 Å². The summed E-state index contributed by atoms with van der Waals surface area (Å²) in [6.07, 6.45) is 2.39. The van der Waals surface area contributed by atoms with Crippen LogP contribution < -0.4 is 15.4 Å². The Morgan fingerprint density at radius 3 is 2.61 bits per heavy atom. The van der Waals surface area contributed by atoms with Gasteiger partial charge in [0, 0.05) is 38.7 Å². The number of benzene rings is 1. The van der Waals surface area contributed by atoms with Crippen LogP contribution in [0.15, 0.2) is 29.3 Å². The first-order valence-electron chi connectivity index (χ1n) is 9.30. The lowest BCUT2D eigenvalue weighted by Gasteiger charge is -2.34. The van der Waals surface area contributed by atoms with Gasteiger partial charge in [-0.2, -0.15) is 8.78 Å². The molecule has 1 saturated heterocycles. The number of nitrogens with zero attached hydrogens (tertiary/aromatic N) is 2. The molecule has 28 heavy (non-hydrogen) atoms. The van der Waals surface area contributed by atoms with Gasteiger partial charge in [-0.05, 0) is 31.7 Å². The van der Waals surface area contributed by atoms with Crippen LogP contribution in [0.5, 0.6) is 5.75 Å². The van der Waals surface area contributed by atoms with Crippen LogP contribution in [0.2, 0.25) is 0 Å². The lowest BCUT2D eigenvalue weighted by atomic mass is 9.93. The molecule has 6 nitrogen and oxygen atoms in total. The monoisotopic (exact) mass is 510 g/mol. The molecule has 0 aliphatic carbocycles. The maximum atomic E-state index is 12.6. The van der Waals surface area contributed by atoms with Crippen molar-refractivity contribution in [1.29, 1.82) is 0 Å². The maximum Gasteiger partial charge on any atom is 0.387 e. The van der Waals surface area contributed by atoms with Crippen LogP contribution >= 0.6 is 24.0 Å². The molecule has 2 rings (SSSR count). The number of alkyl halides is 2. The summed E-state index contributed by atoms with van der Waals surface area (Å²) in [5, 5.41) is 5.93. The predicted octanol–water partition coefficient (Wildman–Crippen LogP) is 3.22. The highest BCUT2D eigenvalue weighted by molar-refractivity contribution is 14.0. The van der Waals surface area contributed by atoms with Gasteiger partial charge in [-0.25, -0.2) is 4.99 Å². The van der Waals surface area contributed by atoms with Crippen LogP contribution in [0.25, 0.3) is 0 Å². The molecule has 1 aliphatic heterocycles. The number of para-hydroxylation sites is 1. The van der Waals surface area contributed by atoms with E-state index in [1.165, 1.54) is 6.07 Å². The van der Waals surface area contributed by atoms with E-state index in [2.05, 4.69) is 25.3 Å². The number of rotatable bonds is 7. The fourth-order valence-corrected chi connectivity index (χ4v) is 3.14. The number of carbonyl (C=O) groups excluding carboxylic acids is 1. The minimum Gasteiger partial charge on any atom is -0.434 e. The molecule has 1 aromatic carbocycles. The average Bonchev–Trinajstić information content (AvgIpc) is 2.66. The Labute approximate surface area is 182 Å². The van der Waals surface area contributed by atoms with Crippen LogP contribution in [0.1, 0.15) is 31.7 Å². The Morgan fingerprint density at radius 1 is 1.32 bits per heavy atom. The highest BCUT2D eigenvalue weighted by atomic mass is 127. The van der Waals surface area contributed by atoms with Gasteiger partial charge in [0.25, 0.3) is 0 Å². The van der Waals surface area contributed by atoms with Crippen molar-refractivity contribution in [2.75, 3.05) is 26.7 Å². The third kappa shape index (κ3) is 7.76. The molecule has 1 aromatic rings. The molecule has 2 N–H and O–H groups in total. The molecule has 0 atom stereocenters. The highest BCUT2D eigenvalue weighted by Gasteiger charge is 2.23. The number of halogens is 3. The topological polar surface area (TPSA) is 66.0 Å². The summed E-state index contributed by atoms with van der Waals surface area (Å²) < 4.78 is 29.7. The second-order valence-corrected chi connectivity index (χ2v) is 6.46. The van der Waals surface area contributed by atoms with Gasteiger partial charge in [0.1, 0.15) is 5.75 Å². The summed E-state index contributed by atoms with van der Waals surface area (Å²) >= 11 is 0. The van der Waals surface area contributed by atoms with Crippen LogP contribution in [0.4, 0.5) is 8.78 Å². The van der Waals surface area contributed by atoms with E-state index >= 15 is 0 Å². The Morgan fingerprint density at radius 2 is 2.00 bits per heavy atom. The number of hydrogen-bond donors (Lipinski definition) is 2. The molecule has 0 unspecified atom stereocenters. The highest BCUT2D eigenvalue weighted by Crippen LogP contribution is 2.23. The largest absolute Gasteiger partial charge is 0.434 e. The van der Waals surface area contributed by atoms with Gasteiger partial charge in [-0.1, -0.05) is 18.2 Å². The molecule has 0 aromatic heterocycles. The number of amides is 1. The fraction of sp³-hybridized carbons (Fsp3) is 0.579. The van der Waals surface area contributed by atoms with Crippen LogP contribution in [-0.4, -0.2) is 50.1 Å². The summed E-state index contributed by atoms with van der Waals surface area (Å²) in [6, 6.07) is 6.70. The van der Waals surface area contributed by atoms with E-state index in [1.807, 2.05) is 6.92 Å². The van der Waals surface area contributed by atoms with Crippen LogP contribution in [0.3, 0.4) is 0 Å². The summed E-state index contributed by atoms with van der Waals surface area (Å²) in [4.78, 5) is 18.3. The first kappa shape index (κ1) is 24.4. The lowest BCUT2D eigenvalue weighted by Crippen LogP contribution is -2.46. The molecule has 1 heterocycles. The van der Waals surface area contributed by atoms with Crippen molar-refractivity contribution < 1.29 is 18.3 Å². The van der Waals surface area contributed by atoms with Crippen LogP contribution in [0, 0.1) is 5.92 Å². The second kappa shape index (κ2) is 12.7. The van der Waals surface area contributed by atoms with Crippen molar-refractivity contribution in [3.05, 3.63) is 29.8 Å². The number of aliphatic imine (C=N–C) groups is 1. The molecular weight excluding hydrogens is 481 g/mol. The van der Waals surface area contributed by atoms with Gasteiger partial charge >= 0.3 is 6.61 Å². The van der Waals surface area contributed by atoms with Gasteiger partial charge in [-0.15, -0.1) is 24.0 Å². The van der Waals surface area contributed by atoms with Gasteiger partial charge < -0.3 is 20.3 Å². The molecule has 0 spiro atoms. The van der Waals surface area contributed by atoms with Gasteiger partial charge in [0.15, 0.2) is 5.96 Å². The first-order valence-corrected chi connectivity index (χ1v) is 9.30. The Kier molecular flexibility index (Phi) is 11.1. The van der Waals surface area contributed by atoms with Crippen molar-refractivity contribution in [2.24, 2.45) is 10.9 Å². The zero-order valence-corrected chi connectivity index (χ0v) is 18.6. The second-order valence-electron chi connectivity index (χ2n) is 6.46. The van der Waals surface area contributed by atoms with Crippen molar-refractivity contribution in [3.8, 4) is 5.75 Å². The van der Waals surface area contributed by atoms with Crippen molar-refractivity contribution in [2.45, 2.75) is 39.3 Å². The smallest absolute Gasteiger partial charge is 0.387 e.